The zero-order valence-electron chi connectivity index (χ0n) is 15.9. The molecule has 0 unspecified atom stereocenters. The Morgan fingerprint density at radius 2 is 1.97 bits per heavy atom. The topological polar surface area (TPSA) is 71.0 Å². The van der Waals surface area contributed by atoms with Gasteiger partial charge in [-0.1, -0.05) is 12.1 Å². The summed E-state index contributed by atoms with van der Waals surface area (Å²) in [6.45, 7) is 2.03. The van der Waals surface area contributed by atoms with Crippen molar-refractivity contribution in [1.82, 2.24) is 19.7 Å². The molecule has 1 atom stereocenters. The van der Waals surface area contributed by atoms with Crippen LogP contribution in [0.2, 0.25) is 0 Å². The molecule has 6 nitrogen and oxygen atoms in total. The van der Waals surface area contributed by atoms with Gasteiger partial charge >= 0.3 is 0 Å². The molecule has 1 aromatic carbocycles. The molecule has 29 heavy (non-hydrogen) atoms. The predicted octanol–water partition coefficient (Wildman–Crippen LogP) is 3.20. The van der Waals surface area contributed by atoms with Crippen molar-refractivity contribution >= 4 is 22.6 Å². The molecule has 1 aliphatic rings. The van der Waals surface area contributed by atoms with Gasteiger partial charge in [-0.25, -0.2) is 9.37 Å². The van der Waals surface area contributed by atoms with Crippen molar-refractivity contribution in [2.45, 2.75) is 25.8 Å². The van der Waals surface area contributed by atoms with Gasteiger partial charge in [0.25, 0.3) is 0 Å². The van der Waals surface area contributed by atoms with Gasteiger partial charge in [-0.05, 0) is 48.2 Å². The van der Waals surface area contributed by atoms with E-state index in [0.717, 1.165) is 41.5 Å². The fraction of sp³-hybridized carbons (Fsp3) is 0.333. The van der Waals surface area contributed by atoms with Crippen LogP contribution in [0, 0.1) is 11.7 Å². The molecule has 0 bridgehead atoms. The number of piperidine rings is 1. The highest BCUT2D eigenvalue weighted by Crippen LogP contribution is 2.25. The molecular weight excluding hydrogens is 389 g/mol. The first-order valence-corrected chi connectivity index (χ1v) is 10.4. The summed E-state index contributed by atoms with van der Waals surface area (Å²) < 4.78 is 17.5. The van der Waals surface area contributed by atoms with Crippen LogP contribution < -0.4 is 10.2 Å². The number of benzene rings is 1. The third-order valence-electron chi connectivity index (χ3n) is 5.01. The second-order valence-electron chi connectivity index (χ2n) is 7.15. The number of hydrogen-bond acceptors (Lipinski definition) is 6. The molecule has 1 saturated heterocycles. The van der Waals surface area contributed by atoms with Gasteiger partial charge in [-0.15, -0.1) is 0 Å². The van der Waals surface area contributed by atoms with Crippen LogP contribution in [0.25, 0.3) is 0 Å². The maximum atomic E-state index is 13.1. The van der Waals surface area contributed by atoms with E-state index in [-0.39, 0.29) is 17.6 Å². The molecule has 0 radical (unpaired) electrons. The molecule has 1 fully saturated rings. The van der Waals surface area contributed by atoms with Gasteiger partial charge < -0.3 is 10.2 Å². The van der Waals surface area contributed by atoms with Crippen molar-refractivity contribution in [2.75, 3.05) is 18.0 Å². The van der Waals surface area contributed by atoms with Gasteiger partial charge in [-0.2, -0.15) is 4.37 Å². The fourth-order valence-corrected chi connectivity index (χ4v) is 4.15. The summed E-state index contributed by atoms with van der Waals surface area (Å²) in [5.74, 6) is 0.487. The number of aromatic nitrogens is 3. The first-order valence-electron chi connectivity index (χ1n) is 9.66. The van der Waals surface area contributed by atoms with Gasteiger partial charge in [0.1, 0.15) is 11.6 Å². The Hall–Kier alpha value is -2.87. The van der Waals surface area contributed by atoms with Crippen LogP contribution in [0.3, 0.4) is 0 Å². The minimum Gasteiger partial charge on any atom is -0.352 e. The van der Waals surface area contributed by atoms with Crippen LogP contribution in [0.5, 0.6) is 0 Å². The number of carbonyl (C=O) groups is 1. The van der Waals surface area contributed by atoms with E-state index in [1.807, 2.05) is 12.1 Å². The summed E-state index contributed by atoms with van der Waals surface area (Å²) in [6.07, 6.45) is 5.84. The molecule has 0 spiro atoms. The van der Waals surface area contributed by atoms with Gasteiger partial charge in [0.05, 0.1) is 5.92 Å². The molecule has 2 aromatic heterocycles. The molecule has 4 rings (SSSR count). The monoisotopic (exact) mass is 411 g/mol. The number of rotatable bonds is 6. The SMILES string of the molecule is O=C(NCc1ccncc1)[C@H]1CCCN(c2nc(Cc3ccc(F)cc3)ns2)C1. The number of carbonyl (C=O) groups excluding carboxylic acids is 1. The molecule has 3 aromatic rings. The highest BCUT2D eigenvalue weighted by molar-refractivity contribution is 7.09. The summed E-state index contributed by atoms with van der Waals surface area (Å²) in [5.41, 5.74) is 2.01. The zero-order valence-corrected chi connectivity index (χ0v) is 16.7. The molecule has 8 heteroatoms. The van der Waals surface area contributed by atoms with E-state index in [4.69, 9.17) is 0 Å². The molecule has 150 valence electrons. The summed E-state index contributed by atoms with van der Waals surface area (Å²) in [4.78, 5) is 23.4. The summed E-state index contributed by atoms with van der Waals surface area (Å²) >= 11 is 1.35. The van der Waals surface area contributed by atoms with Crippen molar-refractivity contribution in [2.24, 2.45) is 5.92 Å². The van der Waals surface area contributed by atoms with Crippen molar-refractivity contribution in [3.05, 3.63) is 71.6 Å². The zero-order chi connectivity index (χ0) is 20.1. The summed E-state index contributed by atoms with van der Waals surface area (Å²) in [6, 6.07) is 10.2. The van der Waals surface area contributed by atoms with Crippen LogP contribution in [-0.4, -0.2) is 33.3 Å². The molecule has 3 heterocycles. The maximum absolute atomic E-state index is 13.1. The van der Waals surface area contributed by atoms with E-state index in [0.29, 0.717) is 19.5 Å². The summed E-state index contributed by atoms with van der Waals surface area (Å²) in [5, 5.41) is 3.87. The lowest BCUT2D eigenvalue weighted by Crippen LogP contribution is -2.43. The Kier molecular flexibility index (Phi) is 6.09. The third-order valence-corrected chi connectivity index (χ3v) is 5.83. The number of nitrogens with zero attached hydrogens (tertiary/aromatic N) is 4. The molecular formula is C21H22FN5OS. The van der Waals surface area contributed by atoms with Gasteiger partial charge in [0.2, 0.25) is 11.0 Å². The van der Waals surface area contributed by atoms with Crippen LogP contribution in [-0.2, 0) is 17.8 Å². The van der Waals surface area contributed by atoms with E-state index in [1.165, 1.54) is 23.7 Å². The average molecular weight is 412 g/mol. The highest BCUT2D eigenvalue weighted by Gasteiger charge is 2.27. The highest BCUT2D eigenvalue weighted by atomic mass is 32.1. The van der Waals surface area contributed by atoms with E-state index < -0.39 is 0 Å². The number of amides is 1. The van der Waals surface area contributed by atoms with Crippen molar-refractivity contribution in [1.29, 1.82) is 0 Å². The minimum atomic E-state index is -0.248. The standard InChI is InChI=1S/C21H22FN5OS/c22-18-5-3-15(4-6-18)12-19-25-21(29-26-19)27-11-1-2-17(14-27)20(28)24-13-16-7-9-23-10-8-16/h3-10,17H,1-2,11-14H2,(H,24,28)/t17-/m0/s1. The second kappa shape index (κ2) is 9.09. The van der Waals surface area contributed by atoms with Crippen LogP contribution in [0.4, 0.5) is 9.52 Å². The lowest BCUT2D eigenvalue weighted by atomic mass is 9.97. The van der Waals surface area contributed by atoms with Gasteiger partial charge in [-0.3, -0.25) is 9.78 Å². The van der Waals surface area contributed by atoms with Crippen LogP contribution >= 0.6 is 11.5 Å². The Balaban J connectivity index is 1.34. The quantitative estimate of drug-likeness (QED) is 0.675. The number of pyridine rings is 1. The molecule has 1 amide bonds. The van der Waals surface area contributed by atoms with E-state index in [9.17, 15) is 9.18 Å². The number of hydrogen-bond donors (Lipinski definition) is 1. The summed E-state index contributed by atoms with van der Waals surface area (Å²) in [7, 11) is 0. The van der Waals surface area contributed by atoms with Crippen LogP contribution in [0.1, 0.15) is 29.8 Å². The second-order valence-corrected chi connectivity index (χ2v) is 7.89. The lowest BCUT2D eigenvalue weighted by molar-refractivity contribution is -0.125. The predicted molar refractivity (Wildman–Crippen MR) is 110 cm³/mol. The molecule has 1 aliphatic heterocycles. The normalized spacial score (nSPS) is 16.6. The third kappa shape index (κ3) is 5.14. The number of anilines is 1. The van der Waals surface area contributed by atoms with Crippen molar-refractivity contribution in [3.8, 4) is 0 Å². The van der Waals surface area contributed by atoms with E-state index in [1.54, 1.807) is 24.5 Å². The van der Waals surface area contributed by atoms with E-state index in [2.05, 4.69) is 24.6 Å². The Morgan fingerprint density at radius 1 is 1.17 bits per heavy atom. The van der Waals surface area contributed by atoms with Gasteiger partial charge in [0.15, 0.2) is 0 Å². The van der Waals surface area contributed by atoms with Gasteiger partial charge in [0, 0.05) is 50.0 Å². The Labute approximate surface area is 173 Å². The minimum absolute atomic E-state index is 0.0602. The van der Waals surface area contributed by atoms with E-state index >= 15 is 0 Å². The smallest absolute Gasteiger partial charge is 0.225 e. The van der Waals surface area contributed by atoms with Crippen molar-refractivity contribution < 1.29 is 9.18 Å². The fourth-order valence-electron chi connectivity index (χ4n) is 3.43. The van der Waals surface area contributed by atoms with Crippen LogP contribution in [0.15, 0.2) is 48.8 Å². The lowest BCUT2D eigenvalue weighted by Gasteiger charge is -2.31. The molecule has 0 aliphatic carbocycles. The average Bonchev–Trinajstić information content (AvgIpc) is 3.23. The first kappa shape index (κ1) is 19.4. The maximum Gasteiger partial charge on any atom is 0.225 e. The molecule has 0 saturated carbocycles. The Bertz CT molecular complexity index is 947. The number of nitrogens with one attached hydrogen (secondary N) is 1. The van der Waals surface area contributed by atoms with Crippen molar-refractivity contribution in [3.63, 3.8) is 0 Å². The number of halogens is 1. The molecule has 1 N–H and O–H groups in total. The Morgan fingerprint density at radius 3 is 2.76 bits per heavy atom. The largest absolute Gasteiger partial charge is 0.352 e. The first-order chi connectivity index (χ1) is 14.2.